The van der Waals surface area contributed by atoms with Gasteiger partial charge in [0.05, 0.1) is 6.61 Å². The lowest BCUT2D eigenvalue weighted by Crippen LogP contribution is -2.43. The van der Waals surface area contributed by atoms with E-state index in [0.29, 0.717) is 0 Å². The largest absolute Gasteiger partial charge is 0.479 e. The molecule has 0 aliphatic carbocycles. The first-order valence-electron chi connectivity index (χ1n) is 4.63. The van der Waals surface area contributed by atoms with Crippen LogP contribution in [0.1, 0.15) is 20.8 Å². The van der Waals surface area contributed by atoms with Crippen LogP contribution in [0.3, 0.4) is 0 Å². The summed E-state index contributed by atoms with van der Waals surface area (Å²) < 4.78 is 5.53. The Bertz CT molecular complexity index is 207. The second-order valence-electron chi connectivity index (χ2n) is 4.93. The molecular weight excluding hydrogens is 200 g/mol. The fourth-order valence-electron chi connectivity index (χ4n) is 0.575. The predicted octanol–water partition coefficient (Wildman–Crippen LogP) is 1.45. The molecule has 84 valence electrons. The predicted molar refractivity (Wildman–Crippen MR) is 56.8 cm³/mol. The van der Waals surface area contributed by atoms with Crippen molar-refractivity contribution >= 4 is 14.3 Å². The Morgan fingerprint density at radius 3 is 2.14 bits per heavy atom. The number of hydrogen-bond donors (Lipinski definition) is 2. The van der Waals surface area contributed by atoms with Crippen molar-refractivity contribution < 1.29 is 19.4 Å². The molecule has 0 rings (SSSR count). The van der Waals surface area contributed by atoms with Crippen molar-refractivity contribution in [1.82, 2.24) is 0 Å². The number of aliphatic hydroxyl groups is 1. The van der Waals surface area contributed by atoms with Gasteiger partial charge in [0, 0.05) is 0 Å². The Morgan fingerprint density at radius 1 is 1.43 bits per heavy atom. The first-order valence-corrected chi connectivity index (χ1v) is 7.53. The summed E-state index contributed by atoms with van der Waals surface area (Å²) in [5.41, 5.74) is 0. The third-order valence-electron chi connectivity index (χ3n) is 2.69. The average molecular weight is 220 g/mol. The highest BCUT2D eigenvalue weighted by Crippen LogP contribution is 2.36. The maximum atomic E-state index is 10.4. The first-order chi connectivity index (χ1) is 6.08. The molecule has 0 saturated carbocycles. The van der Waals surface area contributed by atoms with Crippen LogP contribution in [0.25, 0.3) is 0 Å². The van der Waals surface area contributed by atoms with Gasteiger partial charge < -0.3 is 14.6 Å². The molecule has 0 heterocycles. The third-order valence-corrected chi connectivity index (χ3v) is 7.19. The highest BCUT2D eigenvalue weighted by atomic mass is 28.4. The minimum atomic E-state index is -1.94. The van der Waals surface area contributed by atoms with E-state index in [-0.39, 0.29) is 11.6 Å². The van der Waals surface area contributed by atoms with Crippen molar-refractivity contribution in [3.8, 4) is 0 Å². The van der Waals surface area contributed by atoms with Crippen molar-refractivity contribution in [2.75, 3.05) is 6.61 Å². The normalized spacial score (nSPS) is 15.3. The summed E-state index contributed by atoms with van der Waals surface area (Å²) in [4.78, 5) is 10.4. The van der Waals surface area contributed by atoms with Gasteiger partial charge in [-0.3, -0.25) is 0 Å². The smallest absolute Gasteiger partial charge is 0.334 e. The second-order valence-corrected chi connectivity index (χ2v) is 9.73. The molecule has 14 heavy (non-hydrogen) atoms. The van der Waals surface area contributed by atoms with Crippen LogP contribution in [0.15, 0.2) is 0 Å². The molecule has 0 spiro atoms. The van der Waals surface area contributed by atoms with Gasteiger partial charge in [0.25, 0.3) is 0 Å². The number of aliphatic hydroxyl groups excluding tert-OH is 1. The van der Waals surface area contributed by atoms with Gasteiger partial charge in [-0.2, -0.15) is 0 Å². The first kappa shape index (κ1) is 13.6. The molecule has 4 nitrogen and oxygen atoms in total. The molecule has 2 N–H and O–H groups in total. The van der Waals surface area contributed by atoms with Crippen molar-refractivity contribution in [2.45, 2.75) is 45.0 Å². The highest BCUT2D eigenvalue weighted by Gasteiger charge is 2.37. The van der Waals surface area contributed by atoms with Gasteiger partial charge in [0.1, 0.15) is 0 Å². The Kier molecular flexibility index (Phi) is 4.29. The molecule has 0 aromatic rings. The number of carboxylic acids is 1. The quantitative estimate of drug-likeness (QED) is 0.704. The van der Waals surface area contributed by atoms with E-state index in [4.69, 9.17) is 14.6 Å². The molecule has 0 bridgehead atoms. The number of carbonyl (C=O) groups is 1. The molecular formula is C9H20O4Si. The Morgan fingerprint density at radius 2 is 1.86 bits per heavy atom. The van der Waals surface area contributed by atoms with Crippen LogP contribution >= 0.6 is 0 Å². The Labute approximate surface area is 86.0 Å². The molecule has 0 unspecified atom stereocenters. The maximum Gasteiger partial charge on any atom is 0.334 e. The molecule has 0 aliphatic heterocycles. The van der Waals surface area contributed by atoms with E-state index >= 15 is 0 Å². The van der Waals surface area contributed by atoms with Crippen LogP contribution in [0.5, 0.6) is 0 Å². The minimum absolute atomic E-state index is 0.0330. The molecule has 1 atom stereocenters. The number of carboxylic acid groups (broad SMARTS) is 1. The summed E-state index contributed by atoms with van der Waals surface area (Å²) in [5.74, 6) is -1.23. The summed E-state index contributed by atoms with van der Waals surface area (Å²) in [6, 6.07) is 0. The van der Waals surface area contributed by atoms with Gasteiger partial charge in [-0.25, -0.2) is 4.79 Å². The molecule has 0 radical (unpaired) electrons. The van der Waals surface area contributed by atoms with E-state index < -0.39 is 20.4 Å². The maximum absolute atomic E-state index is 10.4. The molecule has 0 aliphatic rings. The lowest BCUT2D eigenvalue weighted by atomic mass is 10.2. The number of aliphatic carboxylic acids is 1. The fraction of sp³-hybridized carbons (Fsp3) is 0.889. The van der Waals surface area contributed by atoms with Crippen LogP contribution < -0.4 is 0 Å². The molecule has 5 heteroatoms. The van der Waals surface area contributed by atoms with Crippen LogP contribution in [0.2, 0.25) is 18.1 Å². The minimum Gasteiger partial charge on any atom is -0.479 e. The van der Waals surface area contributed by atoms with Crippen molar-refractivity contribution in [3.05, 3.63) is 0 Å². The van der Waals surface area contributed by atoms with E-state index in [1.807, 2.05) is 13.1 Å². The number of hydrogen-bond acceptors (Lipinski definition) is 3. The lowest BCUT2D eigenvalue weighted by Gasteiger charge is -2.36. The fourth-order valence-corrected chi connectivity index (χ4v) is 1.58. The van der Waals surface area contributed by atoms with Crippen molar-refractivity contribution in [1.29, 1.82) is 0 Å². The SMILES string of the molecule is CC(C)(C)[Si](C)(C)OC[C@H](O)C(=O)O. The molecule has 0 aromatic carbocycles. The van der Waals surface area contributed by atoms with E-state index in [9.17, 15) is 4.79 Å². The van der Waals surface area contributed by atoms with Crippen LogP contribution in [-0.4, -0.2) is 37.2 Å². The topological polar surface area (TPSA) is 66.8 Å². The summed E-state index contributed by atoms with van der Waals surface area (Å²) >= 11 is 0. The van der Waals surface area contributed by atoms with Crippen molar-refractivity contribution in [2.24, 2.45) is 0 Å². The summed E-state index contributed by atoms with van der Waals surface area (Å²) in [5, 5.41) is 17.6. The van der Waals surface area contributed by atoms with E-state index in [1.165, 1.54) is 0 Å². The molecule has 0 saturated heterocycles. The zero-order valence-corrected chi connectivity index (χ0v) is 10.5. The zero-order chi connectivity index (χ0) is 11.6. The lowest BCUT2D eigenvalue weighted by molar-refractivity contribution is -0.148. The van der Waals surface area contributed by atoms with Gasteiger partial charge in [0.2, 0.25) is 0 Å². The zero-order valence-electron chi connectivity index (χ0n) is 9.50. The third kappa shape index (κ3) is 3.77. The highest BCUT2D eigenvalue weighted by molar-refractivity contribution is 6.74. The summed E-state index contributed by atoms with van der Waals surface area (Å²) in [7, 11) is -1.94. The van der Waals surface area contributed by atoms with Gasteiger partial charge in [-0.05, 0) is 18.1 Å². The average Bonchev–Trinajstić information content (AvgIpc) is 1.97. The Hall–Kier alpha value is -0.393. The van der Waals surface area contributed by atoms with E-state index in [1.54, 1.807) is 0 Å². The van der Waals surface area contributed by atoms with Crippen LogP contribution in [0, 0.1) is 0 Å². The van der Waals surface area contributed by atoms with Crippen LogP contribution in [0.4, 0.5) is 0 Å². The van der Waals surface area contributed by atoms with E-state index in [0.717, 1.165) is 0 Å². The molecule has 0 fully saturated rings. The Balaban J connectivity index is 4.20. The van der Waals surface area contributed by atoms with Gasteiger partial charge >= 0.3 is 5.97 Å². The van der Waals surface area contributed by atoms with Crippen molar-refractivity contribution in [3.63, 3.8) is 0 Å². The molecule has 0 aromatic heterocycles. The summed E-state index contributed by atoms with van der Waals surface area (Å²) in [6.45, 7) is 10.1. The second kappa shape index (κ2) is 4.42. The number of rotatable bonds is 4. The van der Waals surface area contributed by atoms with Gasteiger partial charge in [-0.15, -0.1) is 0 Å². The van der Waals surface area contributed by atoms with Crippen LogP contribution in [-0.2, 0) is 9.22 Å². The molecule has 0 amide bonds. The monoisotopic (exact) mass is 220 g/mol. The van der Waals surface area contributed by atoms with Gasteiger partial charge in [0.15, 0.2) is 14.4 Å². The summed E-state index contributed by atoms with van der Waals surface area (Å²) in [6.07, 6.45) is -1.41. The standard InChI is InChI=1S/C9H20O4Si/c1-9(2,3)14(4,5)13-6-7(10)8(11)12/h7,10H,6H2,1-5H3,(H,11,12)/t7-/m0/s1. The van der Waals surface area contributed by atoms with E-state index in [2.05, 4.69) is 20.8 Å². The van der Waals surface area contributed by atoms with Gasteiger partial charge in [-0.1, -0.05) is 20.8 Å².